The average molecular weight is 267 g/mol. The topological polar surface area (TPSA) is 18.5 Å². The van der Waals surface area contributed by atoms with Crippen LogP contribution >= 0.6 is 0 Å². The Balaban J connectivity index is 1.88. The zero-order valence-electron chi connectivity index (χ0n) is 13.5. The molecule has 112 valence electrons. The summed E-state index contributed by atoms with van der Waals surface area (Å²) in [5.74, 6) is 0. The van der Waals surface area contributed by atoms with Crippen LogP contribution < -0.4 is 5.32 Å². The number of hydrogen-bond donors (Lipinski definition) is 1. The molecule has 0 bridgehead atoms. The molecule has 19 heavy (non-hydrogen) atoms. The molecule has 3 heteroatoms. The first-order valence-corrected chi connectivity index (χ1v) is 8.07. The number of hydrogen-bond acceptors (Lipinski definition) is 3. The van der Waals surface area contributed by atoms with E-state index in [0.717, 1.165) is 13.1 Å². The third-order valence-corrected chi connectivity index (χ3v) is 5.02. The lowest BCUT2D eigenvalue weighted by Crippen LogP contribution is -2.57. The molecule has 0 atom stereocenters. The lowest BCUT2D eigenvalue weighted by Gasteiger charge is -2.43. The molecular formula is C16H33N3. The van der Waals surface area contributed by atoms with E-state index in [-0.39, 0.29) is 0 Å². The van der Waals surface area contributed by atoms with E-state index in [9.17, 15) is 0 Å². The van der Waals surface area contributed by atoms with Crippen molar-refractivity contribution in [1.29, 1.82) is 0 Å². The van der Waals surface area contributed by atoms with Gasteiger partial charge in [-0.05, 0) is 51.6 Å². The highest BCUT2D eigenvalue weighted by Crippen LogP contribution is 2.30. The van der Waals surface area contributed by atoms with Crippen LogP contribution in [0.3, 0.4) is 0 Å². The van der Waals surface area contributed by atoms with Gasteiger partial charge >= 0.3 is 0 Å². The number of likely N-dealkylation sites (tertiary alicyclic amines) is 1. The summed E-state index contributed by atoms with van der Waals surface area (Å²) in [5, 5.41) is 3.46. The smallest absolute Gasteiger partial charge is 0.0281 e. The quantitative estimate of drug-likeness (QED) is 0.845. The molecule has 0 unspecified atom stereocenters. The molecule has 0 radical (unpaired) electrons. The van der Waals surface area contributed by atoms with Gasteiger partial charge in [-0.15, -0.1) is 0 Å². The third-order valence-electron chi connectivity index (χ3n) is 5.02. The summed E-state index contributed by atoms with van der Waals surface area (Å²) in [7, 11) is 0. The molecule has 2 aliphatic rings. The van der Waals surface area contributed by atoms with Crippen LogP contribution in [0.15, 0.2) is 0 Å². The predicted molar refractivity (Wildman–Crippen MR) is 82.6 cm³/mol. The summed E-state index contributed by atoms with van der Waals surface area (Å²) >= 11 is 0. The predicted octanol–water partition coefficient (Wildman–Crippen LogP) is 2.18. The third kappa shape index (κ3) is 4.44. The van der Waals surface area contributed by atoms with Crippen LogP contribution in [-0.4, -0.2) is 61.2 Å². The van der Waals surface area contributed by atoms with Crippen LogP contribution in [0.2, 0.25) is 0 Å². The van der Waals surface area contributed by atoms with Gasteiger partial charge in [0.15, 0.2) is 0 Å². The molecule has 2 heterocycles. The largest absolute Gasteiger partial charge is 0.314 e. The molecule has 0 saturated carbocycles. The second-order valence-corrected chi connectivity index (χ2v) is 7.84. The summed E-state index contributed by atoms with van der Waals surface area (Å²) in [6.45, 7) is 18.2. The fourth-order valence-electron chi connectivity index (χ4n) is 3.55. The second-order valence-electron chi connectivity index (χ2n) is 7.84. The maximum absolute atomic E-state index is 3.46. The first kappa shape index (κ1) is 15.3. The molecule has 3 nitrogen and oxygen atoms in total. The van der Waals surface area contributed by atoms with Crippen molar-refractivity contribution in [2.75, 3.05) is 45.8 Å². The number of nitrogens with one attached hydrogen (secondary N) is 1. The van der Waals surface area contributed by atoms with E-state index in [4.69, 9.17) is 0 Å². The summed E-state index contributed by atoms with van der Waals surface area (Å²) < 4.78 is 0. The van der Waals surface area contributed by atoms with Crippen molar-refractivity contribution >= 4 is 0 Å². The highest BCUT2D eigenvalue weighted by molar-refractivity contribution is 4.89. The lowest BCUT2D eigenvalue weighted by molar-refractivity contribution is 0.0633. The standard InChI is InChI=1S/C16H33N3/c1-15(2)6-5-10-18(11-7-15)14-16(3,4)19-12-8-17-9-13-19/h17H,5-14H2,1-4H3. The van der Waals surface area contributed by atoms with E-state index in [1.165, 1.54) is 52.0 Å². The molecule has 2 rings (SSSR count). The van der Waals surface area contributed by atoms with E-state index in [2.05, 4.69) is 42.8 Å². The summed E-state index contributed by atoms with van der Waals surface area (Å²) in [5.41, 5.74) is 0.866. The van der Waals surface area contributed by atoms with Crippen LogP contribution in [0.25, 0.3) is 0 Å². The van der Waals surface area contributed by atoms with Gasteiger partial charge in [-0.3, -0.25) is 4.90 Å². The number of rotatable bonds is 3. The minimum Gasteiger partial charge on any atom is -0.314 e. The minimum absolute atomic E-state index is 0.316. The van der Waals surface area contributed by atoms with Crippen molar-refractivity contribution in [2.24, 2.45) is 5.41 Å². The van der Waals surface area contributed by atoms with E-state index >= 15 is 0 Å². The molecule has 0 aromatic heterocycles. The number of piperazine rings is 1. The van der Waals surface area contributed by atoms with Crippen molar-refractivity contribution in [3.05, 3.63) is 0 Å². The fourth-order valence-corrected chi connectivity index (χ4v) is 3.55. The first-order chi connectivity index (χ1) is 8.89. The molecule has 0 aliphatic carbocycles. The molecule has 0 spiro atoms. The lowest BCUT2D eigenvalue weighted by atomic mass is 9.85. The van der Waals surface area contributed by atoms with Crippen molar-refractivity contribution in [1.82, 2.24) is 15.1 Å². The van der Waals surface area contributed by atoms with Crippen molar-refractivity contribution in [3.8, 4) is 0 Å². The molecule has 0 amide bonds. The Hall–Kier alpha value is -0.120. The number of nitrogens with zero attached hydrogens (tertiary/aromatic N) is 2. The van der Waals surface area contributed by atoms with Gasteiger partial charge in [-0.1, -0.05) is 13.8 Å². The van der Waals surface area contributed by atoms with Gasteiger partial charge < -0.3 is 10.2 Å². The normalized spacial score (nSPS) is 27.2. The summed E-state index contributed by atoms with van der Waals surface area (Å²) in [6.07, 6.45) is 4.10. The molecule has 2 aliphatic heterocycles. The Bertz CT molecular complexity index is 280. The van der Waals surface area contributed by atoms with Gasteiger partial charge in [0.1, 0.15) is 0 Å². The Morgan fingerprint density at radius 3 is 2.37 bits per heavy atom. The van der Waals surface area contributed by atoms with Gasteiger partial charge in [0.05, 0.1) is 0 Å². The Morgan fingerprint density at radius 2 is 1.68 bits per heavy atom. The van der Waals surface area contributed by atoms with E-state index < -0.39 is 0 Å². The van der Waals surface area contributed by atoms with Crippen LogP contribution in [-0.2, 0) is 0 Å². The van der Waals surface area contributed by atoms with Gasteiger partial charge in [-0.25, -0.2) is 0 Å². The zero-order chi connectivity index (χ0) is 13.9. The van der Waals surface area contributed by atoms with Crippen molar-refractivity contribution in [2.45, 2.75) is 52.5 Å². The monoisotopic (exact) mass is 267 g/mol. The van der Waals surface area contributed by atoms with Gasteiger partial charge in [-0.2, -0.15) is 0 Å². The Morgan fingerprint density at radius 1 is 1.00 bits per heavy atom. The van der Waals surface area contributed by atoms with Gasteiger partial charge in [0, 0.05) is 38.3 Å². The summed E-state index contributed by atoms with van der Waals surface area (Å²) in [4.78, 5) is 5.37. The van der Waals surface area contributed by atoms with E-state index in [1.807, 2.05) is 0 Å². The first-order valence-electron chi connectivity index (χ1n) is 8.07. The van der Waals surface area contributed by atoms with Crippen LogP contribution in [0.4, 0.5) is 0 Å². The van der Waals surface area contributed by atoms with Crippen LogP contribution in [0, 0.1) is 5.41 Å². The minimum atomic E-state index is 0.316. The maximum atomic E-state index is 3.46. The molecule has 0 aromatic rings. The van der Waals surface area contributed by atoms with E-state index in [1.54, 1.807) is 0 Å². The van der Waals surface area contributed by atoms with Crippen LogP contribution in [0.5, 0.6) is 0 Å². The van der Waals surface area contributed by atoms with Gasteiger partial charge in [0.25, 0.3) is 0 Å². The van der Waals surface area contributed by atoms with Crippen molar-refractivity contribution < 1.29 is 0 Å². The molecule has 1 N–H and O–H groups in total. The van der Waals surface area contributed by atoms with Crippen LogP contribution in [0.1, 0.15) is 47.0 Å². The molecule has 2 fully saturated rings. The summed E-state index contributed by atoms with van der Waals surface area (Å²) in [6, 6.07) is 0. The zero-order valence-corrected chi connectivity index (χ0v) is 13.5. The maximum Gasteiger partial charge on any atom is 0.0281 e. The second kappa shape index (κ2) is 6.11. The molecule has 0 aromatic carbocycles. The molecule has 2 saturated heterocycles. The Labute approximate surface area is 119 Å². The average Bonchev–Trinajstić information content (AvgIpc) is 2.52. The van der Waals surface area contributed by atoms with Gasteiger partial charge in [0.2, 0.25) is 0 Å². The van der Waals surface area contributed by atoms with Crippen molar-refractivity contribution in [3.63, 3.8) is 0 Å². The fraction of sp³-hybridized carbons (Fsp3) is 1.00. The highest BCUT2D eigenvalue weighted by atomic mass is 15.3. The SMILES string of the molecule is CC1(C)CCCN(CC(C)(C)N2CCNCC2)CC1. The molecular weight excluding hydrogens is 234 g/mol. The van der Waals surface area contributed by atoms with E-state index in [0.29, 0.717) is 11.0 Å². The highest BCUT2D eigenvalue weighted by Gasteiger charge is 2.31. The Kier molecular flexibility index (Phi) is 4.91.